The Morgan fingerprint density at radius 1 is 1.19 bits per heavy atom. The SMILES string of the molecule is CS(=O)(=O)c1nc2c(c(=O)[nH]1)CN(Cc1ccc(N3CCCC3)nc1)CC2. The molecular weight excluding hydrogens is 366 g/mol. The van der Waals surface area contributed by atoms with Crippen LogP contribution < -0.4 is 10.5 Å². The van der Waals surface area contributed by atoms with E-state index in [9.17, 15) is 13.2 Å². The number of hydrogen-bond donors (Lipinski definition) is 1. The van der Waals surface area contributed by atoms with Gasteiger partial charge in [-0.1, -0.05) is 6.07 Å². The fraction of sp³-hybridized carbons (Fsp3) is 0.500. The van der Waals surface area contributed by atoms with Crippen molar-refractivity contribution in [2.45, 2.75) is 37.5 Å². The number of H-pyrrole nitrogens is 1. The number of aromatic amines is 1. The van der Waals surface area contributed by atoms with Crippen LogP contribution in [0.4, 0.5) is 5.82 Å². The predicted octanol–water partition coefficient (Wildman–Crippen LogP) is 0.727. The molecule has 2 aliphatic heterocycles. The highest BCUT2D eigenvalue weighted by molar-refractivity contribution is 7.90. The monoisotopic (exact) mass is 389 g/mol. The molecule has 1 N–H and O–H groups in total. The van der Waals surface area contributed by atoms with Crippen LogP contribution in [-0.4, -0.2) is 54.2 Å². The topological polar surface area (TPSA) is 99.3 Å². The molecule has 27 heavy (non-hydrogen) atoms. The number of anilines is 1. The largest absolute Gasteiger partial charge is 0.357 e. The lowest BCUT2D eigenvalue weighted by Crippen LogP contribution is -2.36. The first-order valence-electron chi connectivity index (χ1n) is 9.14. The fourth-order valence-electron chi connectivity index (χ4n) is 3.67. The first kappa shape index (κ1) is 18.1. The molecular formula is C18H23N5O3S. The normalized spacial score (nSPS) is 17.9. The van der Waals surface area contributed by atoms with Crippen molar-refractivity contribution in [3.05, 3.63) is 45.5 Å². The lowest BCUT2D eigenvalue weighted by molar-refractivity contribution is 0.240. The lowest BCUT2D eigenvalue weighted by atomic mass is 10.1. The lowest BCUT2D eigenvalue weighted by Gasteiger charge is -2.27. The Balaban J connectivity index is 1.47. The summed E-state index contributed by atoms with van der Waals surface area (Å²) in [5, 5.41) is -0.249. The van der Waals surface area contributed by atoms with Crippen molar-refractivity contribution in [1.29, 1.82) is 0 Å². The highest BCUT2D eigenvalue weighted by Crippen LogP contribution is 2.20. The Bertz CT molecular complexity index is 995. The van der Waals surface area contributed by atoms with Crippen LogP contribution in [0.15, 0.2) is 28.3 Å². The Labute approximate surface area is 158 Å². The number of hydrogen-bond acceptors (Lipinski definition) is 7. The van der Waals surface area contributed by atoms with E-state index in [2.05, 4.69) is 36.9 Å². The summed E-state index contributed by atoms with van der Waals surface area (Å²) in [6.45, 7) is 4.01. The first-order chi connectivity index (χ1) is 12.9. The zero-order chi connectivity index (χ0) is 19.0. The number of aromatic nitrogens is 3. The van der Waals surface area contributed by atoms with E-state index < -0.39 is 9.84 Å². The summed E-state index contributed by atoms with van der Waals surface area (Å²) in [4.78, 5) is 27.9. The summed E-state index contributed by atoms with van der Waals surface area (Å²) in [5.41, 5.74) is 1.86. The quantitative estimate of drug-likeness (QED) is 0.770. The molecule has 8 nitrogen and oxygen atoms in total. The van der Waals surface area contributed by atoms with Gasteiger partial charge in [-0.05, 0) is 24.5 Å². The number of pyridine rings is 1. The average Bonchev–Trinajstić information content (AvgIpc) is 3.16. The molecule has 0 bridgehead atoms. The van der Waals surface area contributed by atoms with Crippen LogP contribution in [-0.2, 0) is 29.3 Å². The number of sulfone groups is 1. The van der Waals surface area contributed by atoms with Gasteiger partial charge in [0.1, 0.15) is 5.82 Å². The Morgan fingerprint density at radius 3 is 2.63 bits per heavy atom. The van der Waals surface area contributed by atoms with Gasteiger partial charge in [-0.2, -0.15) is 0 Å². The van der Waals surface area contributed by atoms with Crippen LogP contribution in [0.3, 0.4) is 0 Å². The maximum absolute atomic E-state index is 12.3. The van der Waals surface area contributed by atoms with Gasteiger partial charge in [0.15, 0.2) is 0 Å². The van der Waals surface area contributed by atoms with Crippen LogP contribution in [0.1, 0.15) is 29.7 Å². The van der Waals surface area contributed by atoms with Crippen molar-refractivity contribution >= 4 is 15.7 Å². The van der Waals surface area contributed by atoms with Crippen LogP contribution in [0.5, 0.6) is 0 Å². The second-order valence-corrected chi connectivity index (χ2v) is 9.18. The third-order valence-corrected chi connectivity index (χ3v) is 6.02. The molecule has 0 atom stereocenters. The molecule has 0 radical (unpaired) electrons. The number of rotatable bonds is 4. The van der Waals surface area contributed by atoms with Crippen molar-refractivity contribution < 1.29 is 8.42 Å². The van der Waals surface area contributed by atoms with E-state index in [1.165, 1.54) is 12.8 Å². The highest BCUT2D eigenvalue weighted by atomic mass is 32.2. The van der Waals surface area contributed by atoms with E-state index >= 15 is 0 Å². The van der Waals surface area contributed by atoms with E-state index in [-0.39, 0.29) is 10.7 Å². The molecule has 0 aliphatic carbocycles. The van der Waals surface area contributed by atoms with Crippen LogP contribution in [0.25, 0.3) is 0 Å². The Morgan fingerprint density at radius 2 is 1.96 bits per heavy atom. The molecule has 1 fully saturated rings. The predicted molar refractivity (Wildman–Crippen MR) is 101 cm³/mol. The molecule has 0 aromatic carbocycles. The van der Waals surface area contributed by atoms with Gasteiger partial charge in [-0.3, -0.25) is 14.7 Å². The van der Waals surface area contributed by atoms with Crippen molar-refractivity contribution in [3.63, 3.8) is 0 Å². The van der Waals surface area contributed by atoms with E-state index in [0.717, 1.165) is 37.3 Å². The molecule has 0 amide bonds. The summed E-state index contributed by atoms with van der Waals surface area (Å²) < 4.78 is 23.3. The van der Waals surface area contributed by atoms with E-state index in [0.29, 0.717) is 30.8 Å². The highest BCUT2D eigenvalue weighted by Gasteiger charge is 2.23. The molecule has 2 aromatic rings. The van der Waals surface area contributed by atoms with Crippen LogP contribution >= 0.6 is 0 Å². The van der Waals surface area contributed by atoms with Gasteiger partial charge in [0, 0.05) is 51.6 Å². The molecule has 2 aliphatic rings. The molecule has 9 heteroatoms. The number of nitrogens with zero attached hydrogens (tertiary/aromatic N) is 4. The van der Waals surface area contributed by atoms with Gasteiger partial charge >= 0.3 is 0 Å². The van der Waals surface area contributed by atoms with Crippen LogP contribution in [0, 0.1) is 0 Å². The summed E-state index contributed by atoms with van der Waals surface area (Å²) in [6.07, 6.45) is 5.95. The molecule has 4 rings (SSSR count). The molecule has 1 saturated heterocycles. The van der Waals surface area contributed by atoms with Crippen molar-refractivity contribution in [2.24, 2.45) is 0 Å². The minimum atomic E-state index is -3.52. The first-order valence-corrected chi connectivity index (χ1v) is 11.0. The van der Waals surface area contributed by atoms with E-state index in [1.54, 1.807) is 0 Å². The van der Waals surface area contributed by atoms with Crippen molar-refractivity contribution in [1.82, 2.24) is 19.9 Å². The molecule has 4 heterocycles. The maximum Gasteiger partial charge on any atom is 0.256 e. The minimum Gasteiger partial charge on any atom is -0.357 e. The molecule has 0 spiro atoms. The number of fused-ring (bicyclic) bond motifs is 1. The summed E-state index contributed by atoms with van der Waals surface area (Å²) in [5.74, 6) is 1.02. The van der Waals surface area contributed by atoms with Crippen LogP contribution in [0.2, 0.25) is 0 Å². The van der Waals surface area contributed by atoms with Gasteiger partial charge < -0.3 is 4.90 Å². The van der Waals surface area contributed by atoms with Gasteiger partial charge in [-0.15, -0.1) is 0 Å². The maximum atomic E-state index is 12.3. The fourth-order valence-corrected chi connectivity index (χ4v) is 4.22. The van der Waals surface area contributed by atoms with E-state index in [4.69, 9.17) is 0 Å². The molecule has 0 saturated carbocycles. The van der Waals surface area contributed by atoms with Gasteiger partial charge in [-0.25, -0.2) is 18.4 Å². The Hall–Kier alpha value is -2.26. The minimum absolute atomic E-state index is 0.249. The summed E-state index contributed by atoms with van der Waals surface area (Å²) in [7, 11) is -3.52. The molecule has 144 valence electrons. The zero-order valence-electron chi connectivity index (χ0n) is 15.3. The van der Waals surface area contributed by atoms with Gasteiger partial charge in [0.25, 0.3) is 5.56 Å². The summed E-state index contributed by atoms with van der Waals surface area (Å²) >= 11 is 0. The average molecular weight is 389 g/mol. The third-order valence-electron chi connectivity index (χ3n) is 5.12. The zero-order valence-corrected chi connectivity index (χ0v) is 16.1. The third kappa shape index (κ3) is 3.89. The second kappa shape index (κ2) is 7.05. The van der Waals surface area contributed by atoms with E-state index in [1.807, 2.05) is 6.20 Å². The summed E-state index contributed by atoms with van der Waals surface area (Å²) in [6, 6.07) is 4.15. The van der Waals surface area contributed by atoms with Crippen molar-refractivity contribution in [3.8, 4) is 0 Å². The smallest absolute Gasteiger partial charge is 0.256 e. The van der Waals surface area contributed by atoms with Gasteiger partial charge in [0.05, 0.1) is 11.3 Å². The number of nitrogens with one attached hydrogen (secondary N) is 1. The standard InChI is InChI=1S/C18H23N5O3S/c1-27(25,26)18-20-15-6-9-22(12-14(15)17(24)21-18)11-13-4-5-16(19-10-13)23-7-2-3-8-23/h4-5,10H,2-3,6-9,11-12H2,1H3,(H,20,21,24). The molecule has 0 unspecified atom stereocenters. The Kier molecular flexibility index (Phi) is 4.73. The van der Waals surface area contributed by atoms with Gasteiger partial charge in [0.2, 0.25) is 15.0 Å². The van der Waals surface area contributed by atoms with Crippen molar-refractivity contribution in [2.75, 3.05) is 30.8 Å². The molecule has 2 aromatic heterocycles. The second-order valence-electron chi connectivity index (χ2n) is 7.25.